The van der Waals surface area contributed by atoms with Crippen LogP contribution >= 0.6 is 11.8 Å². The number of hydrogen-bond donors (Lipinski definition) is 2. The molecule has 0 saturated heterocycles. The number of aliphatic carboxylic acids is 1. The van der Waals surface area contributed by atoms with E-state index in [1.54, 1.807) is 16.9 Å². The molecule has 0 aliphatic heterocycles. The molecule has 0 unspecified atom stereocenters. The largest absolute Gasteiger partial charge is 0.481 e. The lowest BCUT2D eigenvalue weighted by molar-refractivity contribution is -0.133. The molecular formula is C10H15N3O3S. The minimum atomic E-state index is -0.921. The summed E-state index contributed by atoms with van der Waals surface area (Å²) in [5.41, 5.74) is 0. The standard InChI is InChI=1S/C10H15N3O3S/c1-7(2)13-8(3-4-11-13)12-9(14)5-17-6-10(15)16/h3-4,7H,5-6H2,1-2H3,(H,12,14)(H,15,16). The van der Waals surface area contributed by atoms with Crippen molar-refractivity contribution < 1.29 is 14.7 Å². The van der Waals surface area contributed by atoms with Crippen molar-refractivity contribution in [3.8, 4) is 0 Å². The second-order valence-corrected chi connectivity index (χ2v) is 4.68. The van der Waals surface area contributed by atoms with Crippen LogP contribution in [0.15, 0.2) is 12.3 Å². The maximum absolute atomic E-state index is 11.5. The Hall–Kier alpha value is -1.50. The number of anilines is 1. The zero-order valence-corrected chi connectivity index (χ0v) is 10.5. The van der Waals surface area contributed by atoms with Crippen LogP contribution in [0.1, 0.15) is 19.9 Å². The maximum Gasteiger partial charge on any atom is 0.313 e. The van der Waals surface area contributed by atoms with Gasteiger partial charge in [-0.05, 0) is 13.8 Å². The van der Waals surface area contributed by atoms with Crippen molar-refractivity contribution in [1.29, 1.82) is 0 Å². The fourth-order valence-electron chi connectivity index (χ4n) is 1.23. The van der Waals surface area contributed by atoms with Crippen LogP contribution in [0.25, 0.3) is 0 Å². The molecule has 1 aromatic heterocycles. The van der Waals surface area contributed by atoms with Gasteiger partial charge in [0.25, 0.3) is 0 Å². The summed E-state index contributed by atoms with van der Waals surface area (Å²) in [4.78, 5) is 21.8. The summed E-state index contributed by atoms with van der Waals surface area (Å²) in [6.07, 6.45) is 1.61. The lowest BCUT2D eigenvalue weighted by Gasteiger charge is -2.11. The molecule has 0 saturated carbocycles. The van der Waals surface area contributed by atoms with Crippen molar-refractivity contribution in [2.24, 2.45) is 0 Å². The molecule has 17 heavy (non-hydrogen) atoms. The fourth-order valence-corrected chi connectivity index (χ4v) is 1.77. The Labute approximate surface area is 103 Å². The second-order valence-electron chi connectivity index (χ2n) is 3.69. The first-order valence-electron chi connectivity index (χ1n) is 5.13. The van der Waals surface area contributed by atoms with E-state index in [-0.39, 0.29) is 23.5 Å². The number of carboxylic acids is 1. The first-order chi connectivity index (χ1) is 8.00. The summed E-state index contributed by atoms with van der Waals surface area (Å²) in [5, 5.41) is 15.2. The number of carbonyl (C=O) groups excluding carboxylic acids is 1. The molecule has 1 amide bonds. The topological polar surface area (TPSA) is 84.2 Å². The molecule has 0 radical (unpaired) electrons. The SMILES string of the molecule is CC(C)n1nccc1NC(=O)CSCC(=O)O. The molecular weight excluding hydrogens is 242 g/mol. The lowest BCUT2D eigenvalue weighted by Crippen LogP contribution is -2.19. The summed E-state index contributed by atoms with van der Waals surface area (Å²) >= 11 is 1.06. The highest BCUT2D eigenvalue weighted by atomic mass is 32.2. The van der Waals surface area contributed by atoms with E-state index < -0.39 is 5.97 Å². The summed E-state index contributed by atoms with van der Waals surface area (Å²) < 4.78 is 1.69. The Bertz CT molecular complexity index is 403. The van der Waals surface area contributed by atoms with Gasteiger partial charge in [-0.15, -0.1) is 11.8 Å². The normalized spacial score (nSPS) is 10.5. The highest BCUT2D eigenvalue weighted by molar-refractivity contribution is 8.00. The number of nitrogens with one attached hydrogen (secondary N) is 1. The van der Waals surface area contributed by atoms with Crippen molar-refractivity contribution in [2.45, 2.75) is 19.9 Å². The van der Waals surface area contributed by atoms with Gasteiger partial charge in [0.15, 0.2) is 0 Å². The molecule has 0 spiro atoms. The quantitative estimate of drug-likeness (QED) is 0.800. The molecule has 0 atom stereocenters. The molecule has 0 fully saturated rings. The van der Waals surface area contributed by atoms with Crippen molar-refractivity contribution >= 4 is 29.5 Å². The highest BCUT2D eigenvalue weighted by Gasteiger charge is 2.09. The van der Waals surface area contributed by atoms with Gasteiger partial charge < -0.3 is 10.4 Å². The average Bonchev–Trinajstić information content (AvgIpc) is 2.65. The number of carboxylic acid groups (broad SMARTS) is 1. The molecule has 1 rings (SSSR count). The van der Waals surface area contributed by atoms with Gasteiger partial charge in [-0.2, -0.15) is 5.10 Å². The molecule has 7 heteroatoms. The number of carbonyl (C=O) groups is 2. The predicted octanol–water partition coefficient (Wildman–Crippen LogP) is 1.22. The summed E-state index contributed by atoms with van der Waals surface area (Å²) in [6, 6.07) is 1.87. The molecule has 1 heterocycles. The minimum absolute atomic E-state index is 0.0726. The molecule has 0 bridgehead atoms. The van der Waals surface area contributed by atoms with Gasteiger partial charge in [0, 0.05) is 12.1 Å². The number of rotatable bonds is 6. The molecule has 2 N–H and O–H groups in total. The van der Waals surface area contributed by atoms with Gasteiger partial charge in [-0.25, -0.2) is 4.68 Å². The molecule has 0 aliphatic carbocycles. The third kappa shape index (κ3) is 4.48. The summed E-state index contributed by atoms with van der Waals surface area (Å²) in [5.74, 6) is -0.471. The van der Waals surface area contributed by atoms with Crippen LogP contribution in [0.4, 0.5) is 5.82 Å². The number of hydrogen-bond acceptors (Lipinski definition) is 4. The highest BCUT2D eigenvalue weighted by Crippen LogP contribution is 2.13. The molecule has 0 aromatic carbocycles. The minimum Gasteiger partial charge on any atom is -0.481 e. The third-order valence-electron chi connectivity index (χ3n) is 1.89. The van der Waals surface area contributed by atoms with Crippen molar-refractivity contribution in [2.75, 3.05) is 16.8 Å². The monoisotopic (exact) mass is 257 g/mol. The first-order valence-corrected chi connectivity index (χ1v) is 6.29. The van der Waals surface area contributed by atoms with Crippen LogP contribution in [0.2, 0.25) is 0 Å². The Kier molecular flexibility index (Phi) is 5.02. The van der Waals surface area contributed by atoms with Gasteiger partial charge in [-0.3, -0.25) is 9.59 Å². The smallest absolute Gasteiger partial charge is 0.313 e. The lowest BCUT2D eigenvalue weighted by atomic mass is 10.4. The van der Waals surface area contributed by atoms with Crippen LogP contribution in [-0.2, 0) is 9.59 Å². The maximum atomic E-state index is 11.5. The zero-order valence-electron chi connectivity index (χ0n) is 9.71. The van der Waals surface area contributed by atoms with E-state index >= 15 is 0 Å². The first kappa shape index (κ1) is 13.6. The Morgan fingerprint density at radius 3 is 2.82 bits per heavy atom. The van der Waals surface area contributed by atoms with Crippen LogP contribution in [0, 0.1) is 0 Å². The second kappa shape index (κ2) is 6.29. The van der Waals surface area contributed by atoms with Crippen molar-refractivity contribution in [1.82, 2.24) is 9.78 Å². The van der Waals surface area contributed by atoms with Crippen LogP contribution in [0.3, 0.4) is 0 Å². The van der Waals surface area contributed by atoms with E-state index in [0.29, 0.717) is 5.82 Å². The summed E-state index contributed by atoms with van der Waals surface area (Å²) in [7, 11) is 0. The third-order valence-corrected chi connectivity index (χ3v) is 2.80. The Morgan fingerprint density at radius 1 is 1.53 bits per heavy atom. The van der Waals surface area contributed by atoms with E-state index in [4.69, 9.17) is 5.11 Å². The van der Waals surface area contributed by atoms with Gasteiger partial charge in [0.2, 0.25) is 5.91 Å². The molecule has 0 aliphatic rings. The number of thioether (sulfide) groups is 1. The van der Waals surface area contributed by atoms with Crippen LogP contribution in [0.5, 0.6) is 0 Å². The van der Waals surface area contributed by atoms with Gasteiger partial charge in [0.1, 0.15) is 5.82 Å². The van der Waals surface area contributed by atoms with E-state index in [1.165, 1.54) is 0 Å². The van der Waals surface area contributed by atoms with Crippen LogP contribution < -0.4 is 5.32 Å². The fraction of sp³-hybridized carbons (Fsp3) is 0.500. The van der Waals surface area contributed by atoms with Gasteiger partial charge in [0.05, 0.1) is 17.7 Å². The van der Waals surface area contributed by atoms with Crippen molar-refractivity contribution in [3.05, 3.63) is 12.3 Å². The Balaban J connectivity index is 2.45. The molecule has 6 nitrogen and oxygen atoms in total. The van der Waals surface area contributed by atoms with E-state index in [9.17, 15) is 9.59 Å². The number of amides is 1. The van der Waals surface area contributed by atoms with E-state index in [2.05, 4.69) is 10.4 Å². The van der Waals surface area contributed by atoms with Gasteiger partial charge in [-0.1, -0.05) is 0 Å². The van der Waals surface area contributed by atoms with Crippen LogP contribution in [-0.4, -0.2) is 38.3 Å². The summed E-state index contributed by atoms with van der Waals surface area (Å²) in [6.45, 7) is 3.92. The molecule has 1 aromatic rings. The van der Waals surface area contributed by atoms with E-state index in [1.807, 2.05) is 13.8 Å². The van der Waals surface area contributed by atoms with Gasteiger partial charge >= 0.3 is 5.97 Å². The average molecular weight is 257 g/mol. The number of aromatic nitrogens is 2. The Morgan fingerprint density at radius 2 is 2.24 bits per heavy atom. The molecule has 94 valence electrons. The number of nitrogens with zero attached hydrogens (tertiary/aromatic N) is 2. The van der Waals surface area contributed by atoms with E-state index in [0.717, 1.165) is 11.8 Å². The van der Waals surface area contributed by atoms with Crippen molar-refractivity contribution in [3.63, 3.8) is 0 Å². The zero-order chi connectivity index (χ0) is 12.8. The predicted molar refractivity (Wildman–Crippen MR) is 66.2 cm³/mol.